The Morgan fingerprint density at radius 2 is 2.00 bits per heavy atom. The fourth-order valence-electron chi connectivity index (χ4n) is 0.740. The topological polar surface area (TPSA) is 9.23 Å². The molecule has 0 aliphatic heterocycles. The third-order valence-corrected chi connectivity index (χ3v) is 2.52. The van der Waals surface area contributed by atoms with Crippen molar-refractivity contribution in [2.75, 3.05) is 7.11 Å². The van der Waals surface area contributed by atoms with E-state index in [1.165, 1.54) is 12.8 Å². The van der Waals surface area contributed by atoms with Gasteiger partial charge in [0.15, 0.2) is 9.76 Å². The van der Waals surface area contributed by atoms with Crippen LogP contribution in [0.25, 0.3) is 0 Å². The number of rotatable bonds is 4. The zero-order chi connectivity index (χ0) is 7.11. The van der Waals surface area contributed by atoms with Crippen molar-refractivity contribution in [2.24, 2.45) is 0 Å². The predicted molar refractivity (Wildman–Crippen MR) is 44.2 cm³/mol. The van der Waals surface area contributed by atoms with Gasteiger partial charge in [-0.2, -0.15) is 0 Å². The van der Waals surface area contributed by atoms with Gasteiger partial charge in [-0.15, -0.1) is 0 Å². The van der Waals surface area contributed by atoms with Gasteiger partial charge in [0, 0.05) is 7.11 Å². The number of hydrogen-bond donors (Lipinski definition) is 0. The van der Waals surface area contributed by atoms with E-state index < -0.39 is 0 Å². The van der Waals surface area contributed by atoms with Crippen LogP contribution in [-0.4, -0.2) is 16.9 Å². The summed E-state index contributed by atoms with van der Waals surface area (Å²) in [6, 6.07) is 0. The predicted octanol–water partition coefficient (Wildman–Crippen LogP) is 1.42. The Hall–Kier alpha value is -0.0831. The van der Waals surface area contributed by atoms with Crippen molar-refractivity contribution in [3.63, 3.8) is 0 Å². The first kappa shape index (κ1) is 8.92. The quantitative estimate of drug-likeness (QED) is 0.542. The molecule has 0 aromatic heterocycles. The largest absolute Gasteiger partial charge is 0.422 e. The molecule has 0 saturated heterocycles. The van der Waals surface area contributed by atoms with Crippen molar-refractivity contribution >= 4 is 9.76 Å². The molecule has 54 valence electrons. The van der Waals surface area contributed by atoms with Crippen molar-refractivity contribution in [3.8, 4) is 0 Å². The van der Waals surface area contributed by atoms with E-state index in [1.54, 1.807) is 12.7 Å². The molecule has 0 unspecified atom stereocenters. The summed E-state index contributed by atoms with van der Waals surface area (Å²) in [4.78, 5) is 0. The molecule has 0 atom stereocenters. The first-order chi connectivity index (χ1) is 4.35. The molecule has 0 aliphatic rings. The standard InChI is InChI=1S/C7H16OSi/c1-4-7(5-2)6-9-8-3/h6H,4-5,9H2,1-3H3. The van der Waals surface area contributed by atoms with E-state index in [-0.39, 0.29) is 9.76 Å². The van der Waals surface area contributed by atoms with Gasteiger partial charge in [0.05, 0.1) is 0 Å². The lowest BCUT2D eigenvalue weighted by Gasteiger charge is -1.97. The summed E-state index contributed by atoms with van der Waals surface area (Å²) in [6.45, 7) is 4.39. The van der Waals surface area contributed by atoms with Crippen LogP contribution in [0.3, 0.4) is 0 Å². The smallest absolute Gasteiger partial charge is 0.184 e. The monoisotopic (exact) mass is 144 g/mol. The van der Waals surface area contributed by atoms with Crippen molar-refractivity contribution in [1.29, 1.82) is 0 Å². The molecule has 0 amide bonds. The molecule has 9 heavy (non-hydrogen) atoms. The molecule has 0 radical (unpaired) electrons. The van der Waals surface area contributed by atoms with Crippen LogP contribution in [0.5, 0.6) is 0 Å². The summed E-state index contributed by atoms with van der Waals surface area (Å²) < 4.78 is 5.04. The summed E-state index contributed by atoms with van der Waals surface area (Å²) in [5.41, 5.74) is 3.84. The lowest BCUT2D eigenvalue weighted by Crippen LogP contribution is -1.90. The molecule has 0 aliphatic carbocycles. The van der Waals surface area contributed by atoms with E-state index in [1.807, 2.05) is 0 Å². The van der Waals surface area contributed by atoms with Crippen LogP contribution in [0.2, 0.25) is 0 Å². The molecule has 0 N–H and O–H groups in total. The van der Waals surface area contributed by atoms with Crippen LogP contribution in [0.4, 0.5) is 0 Å². The number of hydrogen-bond acceptors (Lipinski definition) is 1. The van der Waals surface area contributed by atoms with E-state index in [0.29, 0.717) is 0 Å². The highest BCUT2D eigenvalue weighted by molar-refractivity contribution is 6.34. The third kappa shape index (κ3) is 4.42. The van der Waals surface area contributed by atoms with Crippen LogP contribution in [-0.2, 0) is 4.43 Å². The van der Waals surface area contributed by atoms with E-state index in [9.17, 15) is 0 Å². The molecule has 0 spiro atoms. The first-order valence-electron chi connectivity index (χ1n) is 3.52. The highest BCUT2D eigenvalue weighted by atomic mass is 28.2. The molecule has 2 heteroatoms. The molecule has 0 heterocycles. The first-order valence-corrected chi connectivity index (χ1v) is 4.91. The van der Waals surface area contributed by atoms with Gasteiger partial charge in [-0.3, -0.25) is 0 Å². The maximum Gasteiger partial charge on any atom is 0.184 e. The molecular formula is C7H16OSi. The average Bonchev–Trinajstić information content (AvgIpc) is 1.91. The summed E-state index contributed by atoms with van der Waals surface area (Å²) >= 11 is 0. The fraction of sp³-hybridized carbons (Fsp3) is 0.714. The molecule has 0 fully saturated rings. The Kier molecular flexibility index (Phi) is 5.99. The van der Waals surface area contributed by atoms with Crippen molar-refractivity contribution in [1.82, 2.24) is 0 Å². The highest BCUT2D eigenvalue weighted by Crippen LogP contribution is 2.03. The molecule has 0 aromatic carbocycles. The maximum absolute atomic E-state index is 5.04. The minimum atomic E-state index is -0.310. The Labute approximate surface area is 60.1 Å². The van der Waals surface area contributed by atoms with Gasteiger partial charge in [-0.05, 0) is 12.8 Å². The second kappa shape index (κ2) is 6.04. The lowest BCUT2D eigenvalue weighted by atomic mass is 10.2. The van der Waals surface area contributed by atoms with Crippen LogP contribution < -0.4 is 0 Å². The van der Waals surface area contributed by atoms with Crippen LogP contribution in [0, 0.1) is 0 Å². The second-order valence-electron chi connectivity index (χ2n) is 2.02. The molecule has 1 nitrogen and oxygen atoms in total. The van der Waals surface area contributed by atoms with Crippen molar-refractivity contribution in [2.45, 2.75) is 26.7 Å². The molecular weight excluding hydrogens is 128 g/mol. The third-order valence-electron chi connectivity index (χ3n) is 1.45. The van der Waals surface area contributed by atoms with Crippen molar-refractivity contribution < 1.29 is 4.43 Å². The summed E-state index contributed by atoms with van der Waals surface area (Å²) in [6.07, 6.45) is 2.37. The van der Waals surface area contributed by atoms with Gasteiger partial charge in [-0.1, -0.05) is 25.1 Å². The Morgan fingerprint density at radius 1 is 1.44 bits per heavy atom. The minimum Gasteiger partial charge on any atom is -0.422 e. The molecule has 0 bridgehead atoms. The van der Waals surface area contributed by atoms with E-state index in [0.717, 1.165) is 0 Å². The minimum absolute atomic E-state index is 0.310. The summed E-state index contributed by atoms with van der Waals surface area (Å²) in [7, 11) is 1.47. The Bertz CT molecular complexity index is 82.9. The van der Waals surface area contributed by atoms with Gasteiger partial charge in [-0.25, -0.2) is 0 Å². The molecule has 0 rings (SSSR count). The summed E-state index contributed by atoms with van der Waals surface area (Å²) in [5, 5.41) is 0. The van der Waals surface area contributed by atoms with E-state index in [2.05, 4.69) is 19.5 Å². The highest BCUT2D eigenvalue weighted by Gasteiger charge is 1.87. The van der Waals surface area contributed by atoms with E-state index >= 15 is 0 Å². The lowest BCUT2D eigenvalue weighted by molar-refractivity contribution is 0.449. The Morgan fingerprint density at radius 3 is 2.33 bits per heavy atom. The molecule has 0 saturated carbocycles. The SMILES string of the molecule is CCC(=C[SiH2]OC)CC. The van der Waals surface area contributed by atoms with Gasteiger partial charge >= 0.3 is 0 Å². The second-order valence-corrected chi connectivity index (χ2v) is 3.34. The number of allylic oxidation sites excluding steroid dienone is 1. The fourth-order valence-corrected chi connectivity index (χ4v) is 1.72. The van der Waals surface area contributed by atoms with Gasteiger partial charge < -0.3 is 4.43 Å². The normalized spacial score (nSPS) is 10.6. The van der Waals surface area contributed by atoms with Gasteiger partial charge in [0.2, 0.25) is 0 Å². The van der Waals surface area contributed by atoms with E-state index in [4.69, 9.17) is 4.43 Å². The molecule has 0 aromatic rings. The van der Waals surface area contributed by atoms with Crippen molar-refractivity contribution in [3.05, 3.63) is 11.3 Å². The van der Waals surface area contributed by atoms with Crippen LogP contribution in [0.15, 0.2) is 11.3 Å². The summed E-state index contributed by atoms with van der Waals surface area (Å²) in [5.74, 6) is 0. The van der Waals surface area contributed by atoms with Crippen LogP contribution in [0.1, 0.15) is 26.7 Å². The van der Waals surface area contributed by atoms with Gasteiger partial charge in [0.1, 0.15) is 0 Å². The van der Waals surface area contributed by atoms with Crippen LogP contribution >= 0.6 is 0 Å². The van der Waals surface area contributed by atoms with Gasteiger partial charge in [0.25, 0.3) is 0 Å². The zero-order valence-electron chi connectivity index (χ0n) is 6.61. The zero-order valence-corrected chi connectivity index (χ0v) is 8.02. The average molecular weight is 144 g/mol. The maximum atomic E-state index is 5.04. The Balaban J connectivity index is 3.48.